The van der Waals surface area contributed by atoms with Gasteiger partial charge in [0.2, 0.25) is 0 Å². The van der Waals surface area contributed by atoms with Gasteiger partial charge in [0, 0.05) is 0 Å². The van der Waals surface area contributed by atoms with Crippen molar-refractivity contribution in [1.29, 1.82) is 0 Å². The summed E-state index contributed by atoms with van der Waals surface area (Å²) in [6.07, 6.45) is 10.8. The van der Waals surface area contributed by atoms with Crippen LogP contribution in [0.5, 0.6) is 0 Å². The second-order valence-electron chi connectivity index (χ2n) is 7.23. The fourth-order valence-corrected chi connectivity index (χ4v) is 3.22. The van der Waals surface area contributed by atoms with Crippen molar-refractivity contribution >= 4 is 5.97 Å². The predicted molar refractivity (Wildman–Crippen MR) is 103 cm³/mol. The SMILES string of the molecule is CCCCC(CC)C/C=C/[C@@](O)(CC)C[C@@H](CC)[C@H](O)CC(=O)OC. The van der Waals surface area contributed by atoms with E-state index < -0.39 is 17.7 Å². The number of carbonyl (C=O) groups is 1. The number of rotatable bonds is 14. The lowest BCUT2D eigenvalue weighted by Gasteiger charge is -2.30. The van der Waals surface area contributed by atoms with E-state index in [1.54, 1.807) is 0 Å². The van der Waals surface area contributed by atoms with Crippen LogP contribution in [0.4, 0.5) is 0 Å². The molecule has 0 rings (SSSR count). The van der Waals surface area contributed by atoms with E-state index in [0.29, 0.717) is 25.2 Å². The van der Waals surface area contributed by atoms with Gasteiger partial charge >= 0.3 is 5.97 Å². The van der Waals surface area contributed by atoms with Crippen LogP contribution >= 0.6 is 0 Å². The number of carbonyl (C=O) groups excluding carboxylic acids is 1. The third kappa shape index (κ3) is 10.0. The number of allylic oxidation sites excluding steroid dienone is 1. The smallest absolute Gasteiger partial charge is 0.308 e. The summed E-state index contributed by atoms with van der Waals surface area (Å²) in [5.41, 5.74) is -0.930. The van der Waals surface area contributed by atoms with Gasteiger partial charge in [-0.3, -0.25) is 4.79 Å². The fourth-order valence-electron chi connectivity index (χ4n) is 3.22. The number of esters is 1. The molecule has 25 heavy (non-hydrogen) atoms. The van der Waals surface area contributed by atoms with E-state index in [-0.39, 0.29) is 12.3 Å². The third-order valence-corrected chi connectivity index (χ3v) is 5.34. The largest absolute Gasteiger partial charge is 0.469 e. The minimum Gasteiger partial charge on any atom is -0.469 e. The first-order valence-electron chi connectivity index (χ1n) is 10.0. The van der Waals surface area contributed by atoms with Crippen molar-refractivity contribution < 1.29 is 19.7 Å². The molecule has 0 saturated heterocycles. The van der Waals surface area contributed by atoms with Gasteiger partial charge in [-0.05, 0) is 31.1 Å². The first-order valence-corrected chi connectivity index (χ1v) is 10.0. The second kappa shape index (κ2) is 13.3. The highest BCUT2D eigenvalue weighted by molar-refractivity contribution is 5.69. The highest BCUT2D eigenvalue weighted by Gasteiger charge is 2.30. The predicted octanol–water partition coefficient (Wildman–Crippen LogP) is 4.63. The van der Waals surface area contributed by atoms with E-state index in [1.807, 2.05) is 19.9 Å². The second-order valence-corrected chi connectivity index (χ2v) is 7.23. The van der Waals surface area contributed by atoms with Crippen LogP contribution in [-0.2, 0) is 9.53 Å². The Balaban J connectivity index is 4.76. The van der Waals surface area contributed by atoms with Crippen LogP contribution in [0.2, 0.25) is 0 Å². The lowest BCUT2D eigenvalue weighted by Crippen LogP contribution is -2.34. The summed E-state index contributed by atoms with van der Waals surface area (Å²) in [7, 11) is 1.32. The summed E-state index contributed by atoms with van der Waals surface area (Å²) in [6.45, 7) is 8.36. The normalized spacial score (nSPS) is 17.9. The zero-order valence-corrected chi connectivity index (χ0v) is 17.0. The monoisotopic (exact) mass is 356 g/mol. The molecule has 2 N–H and O–H groups in total. The van der Waals surface area contributed by atoms with Crippen molar-refractivity contribution in [1.82, 2.24) is 0 Å². The molecular formula is C21H40O4. The Morgan fingerprint density at radius 1 is 1.20 bits per heavy atom. The van der Waals surface area contributed by atoms with E-state index in [4.69, 9.17) is 0 Å². The van der Waals surface area contributed by atoms with Crippen molar-refractivity contribution in [3.63, 3.8) is 0 Å². The maximum absolute atomic E-state index is 11.4. The topological polar surface area (TPSA) is 66.8 Å². The molecule has 0 aromatic carbocycles. The molecule has 0 fully saturated rings. The Morgan fingerprint density at radius 3 is 2.36 bits per heavy atom. The van der Waals surface area contributed by atoms with E-state index in [9.17, 15) is 15.0 Å². The van der Waals surface area contributed by atoms with E-state index in [0.717, 1.165) is 12.8 Å². The van der Waals surface area contributed by atoms with Gasteiger partial charge in [0.15, 0.2) is 0 Å². The number of aliphatic hydroxyl groups excluding tert-OH is 1. The van der Waals surface area contributed by atoms with Crippen LogP contribution in [0.3, 0.4) is 0 Å². The van der Waals surface area contributed by atoms with Crippen LogP contribution in [0, 0.1) is 11.8 Å². The molecule has 0 radical (unpaired) electrons. The molecule has 4 nitrogen and oxygen atoms in total. The van der Waals surface area contributed by atoms with Crippen LogP contribution in [0.1, 0.15) is 85.5 Å². The average Bonchev–Trinajstić information content (AvgIpc) is 2.62. The van der Waals surface area contributed by atoms with Gasteiger partial charge in [-0.2, -0.15) is 0 Å². The van der Waals surface area contributed by atoms with Gasteiger partial charge in [-0.15, -0.1) is 0 Å². The summed E-state index contributed by atoms with van der Waals surface area (Å²) < 4.78 is 4.63. The van der Waals surface area contributed by atoms with Crippen molar-refractivity contribution in [2.75, 3.05) is 7.11 Å². The van der Waals surface area contributed by atoms with Crippen molar-refractivity contribution in [3.8, 4) is 0 Å². The number of hydrogen-bond donors (Lipinski definition) is 2. The molecule has 0 spiro atoms. The minimum absolute atomic E-state index is 0.0204. The molecule has 0 saturated carbocycles. The van der Waals surface area contributed by atoms with Crippen LogP contribution < -0.4 is 0 Å². The van der Waals surface area contributed by atoms with E-state index in [2.05, 4.69) is 24.7 Å². The quantitative estimate of drug-likeness (QED) is 0.352. The van der Waals surface area contributed by atoms with Gasteiger partial charge in [0.25, 0.3) is 0 Å². The van der Waals surface area contributed by atoms with Crippen LogP contribution in [-0.4, -0.2) is 35.0 Å². The van der Waals surface area contributed by atoms with Gasteiger partial charge in [0.1, 0.15) is 0 Å². The summed E-state index contributed by atoms with van der Waals surface area (Å²) in [5.74, 6) is 0.128. The minimum atomic E-state index is -0.930. The molecule has 1 unspecified atom stereocenters. The summed E-state index contributed by atoms with van der Waals surface area (Å²) in [6, 6.07) is 0. The molecule has 0 heterocycles. The Hall–Kier alpha value is -0.870. The molecule has 0 aliphatic carbocycles. The lowest BCUT2D eigenvalue weighted by molar-refractivity contribution is -0.144. The van der Waals surface area contributed by atoms with E-state index in [1.165, 1.54) is 26.4 Å². The highest BCUT2D eigenvalue weighted by Crippen LogP contribution is 2.29. The molecule has 0 aliphatic rings. The molecule has 0 aromatic rings. The molecular weight excluding hydrogens is 316 g/mol. The van der Waals surface area contributed by atoms with Crippen molar-refractivity contribution in [2.45, 2.75) is 97.2 Å². The maximum Gasteiger partial charge on any atom is 0.308 e. The Labute approximate surface area is 154 Å². The average molecular weight is 357 g/mol. The number of unbranched alkanes of at least 4 members (excludes halogenated alkanes) is 1. The number of ether oxygens (including phenoxy) is 1. The molecule has 148 valence electrons. The van der Waals surface area contributed by atoms with Gasteiger partial charge < -0.3 is 14.9 Å². The Bertz CT molecular complexity index is 380. The Kier molecular flexibility index (Phi) is 12.9. The fraction of sp³-hybridized carbons (Fsp3) is 0.857. The lowest BCUT2D eigenvalue weighted by atomic mass is 9.82. The van der Waals surface area contributed by atoms with Crippen LogP contribution in [0.25, 0.3) is 0 Å². The third-order valence-electron chi connectivity index (χ3n) is 5.34. The van der Waals surface area contributed by atoms with E-state index >= 15 is 0 Å². The number of hydrogen-bond acceptors (Lipinski definition) is 4. The number of aliphatic hydroxyl groups is 2. The first-order chi connectivity index (χ1) is 11.9. The molecule has 0 aliphatic heterocycles. The molecule has 4 heteroatoms. The zero-order chi connectivity index (χ0) is 19.3. The van der Waals surface area contributed by atoms with Gasteiger partial charge in [0.05, 0.1) is 25.2 Å². The maximum atomic E-state index is 11.4. The standard InChI is InChI=1S/C21H40O4/c1-6-10-12-17(7-2)13-11-14-21(24,9-4)16-18(8-3)19(22)15-20(23)25-5/h11,14,17-19,22,24H,6-10,12-13,15-16H2,1-5H3/b14-11+/t17?,18-,19-,21+/m1/s1. The van der Waals surface area contributed by atoms with Crippen molar-refractivity contribution in [3.05, 3.63) is 12.2 Å². The number of methoxy groups -OCH3 is 1. The highest BCUT2D eigenvalue weighted by atomic mass is 16.5. The molecule has 0 aromatic heterocycles. The van der Waals surface area contributed by atoms with Crippen LogP contribution in [0.15, 0.2) is 12.2 Å². The molecule has 4 atom stereocenters. The Morgan fingerprint density at radius 2 is 1.88 bits per heavy atom. The summed E-state index contributed by atoms with van der Waals surface area (Å²) in [5, 5.41) is 21.2. The first kappa shape index (κ1) is 24.1. The van der Waals surface area contributed by atoms with Gasteiger partial charge in [-0.25, -0.2) is 0 Å². The summed E-state index contributed by atoms with van der Waals surface area (Å²) >= 11 is 0. The van der Waals surface area contributed by atoms with Gasteiger partial charge in [-0.1, -0.05) is 72.0 Å². The van der Waals surface area contributed by atoms with Crippen molar-refractivity contribution in [2.24, 2.45) is 11.8 Å². The summed E-state index contributed by atoms with van der Waals surface area (Å²) in [4.78, 5) is 11.4. The zero-order valence-electron chi connectivity index (χ0n) is 17.0. The molecule has 0 bridgehead atoms. The molecule has 0 amide bonds.